The molecule has 2 atom stereocenters. The Kier molecular flexibility index (Phi) is 6.32. The first kappa shape index (κ1) is 19.6. The number of nitrogens with zero attached hydrogens (tertiary/aromatic N) is 2. The molecule has 0 fully saturated rings. The van der Waals surface area contributed by atoms with Gasteiger partial charge in [-0.1, -0.05) is 42.4 Å². The van der Waals surface area contributed by atoms with Gasteiger partial charge in [-0.2, -0.15) is 5.26 Å². The molecule has 0 aliphatic carbocycles. The molecule has 1 aliphatic rings. The number of ketones is 1. The number of carbonyl (C=O) groups excluding carboxylic acids is 2. The van der Waals surface area contributed by atoms with Gasteiger partial charge in [0, 0.05) is 28.4 Å². The summed E-state index contributed by atoms with van der Waals surface area (Å²) in [6.07, 6.45) is 1.92. The first-order chi connectivity index (χ1) is 13.0. The van der Waals surface area contributed by atoms with Crippen LogP contribution in [-0.2, 0) is 16.0 Å². The molecule has 0 saturated heterocycles. The van der Waals surface area contributed by atoms with Crippen LogP contribution < -0.4 is 5.32 Å². The third kappa shape index (κ3) is 4.59. The Balaban J connectivity index is 1.81. The Labute approximate surface area is 170 Å². The van der Waals surface area contributed by atoms with Gasteiger partial charge in [0.05, 0.1) is 33.9 Å². The number of aromatic nitrogens is 1. The molecule has 8 heteroatoms. The van der Waals surface area contributed by atoms with Crippen molar-refractivity contribution in [1.82, 2.24) is 10.3 Å². The van der Waals surface area contributed by atoms with E-state index < -0.39 is 5.92 Å². The van der Waals surface area contributed by atoms with Crippen LogP contribution in [0.3, 0.4) is 0 Å². The van der Waals surface area contributed by atoms with Gasteiger partial charge in [0.1, 0.15) is 5.78 Å². The highest BCUT2D eigenvalue weighted by Gasteiger charge is 2.36. The van der Waals surface area contributed by atoms with E-state index in [0.29, 0.717) is 15.6 Å². The second kappa shape index (κ2) is 8.70. The quantitative estimate of drug-likeness (QED) is 0.769. The zero-order valence-electron chi connectivity index (χ0n) is 14.4. The van der Waals surface area contributed by atoms with Gasteiger partial charge in [-0.15, -0.1) is 11.3 Å². The molecule has 27 heavy (non-hydrogen) atoms. The van der Waals surface area contributed by atoms with Gasteiger partial charge < -0.3 is 5.32 Å². The van der Waals surface area contributed by atoms with Gasteiger partial charge in [0.15, 0.2) is 0 Å². The van der Waals surface area contributed by atoms with Crippen LogP contribution in [0.1, 0.15) is 23.4 Å². The molecule has 0 spiro atoms. The number of hydrogen-bond acceptors (Lipinski definition) is 6. The van der Waals surface area contributed by atoms with Crippen molar-refractivity contribution >= 4 is 46.4 Å². The number of Topliss-reactive ketones (excluding diaryl/α,β-unsaturated/α-hetero) is 1. The van der Waals surface area contributed by atoms with Crippen molar-refractivity contribution < 1.29 is 9.59 Å². The summed E-state index contributed by atoms with van der Waals surface area (Å²) in [5.74, 6) is -0.754. The summed E-state index contributed by atoms with van der Waals surface area (Å²) in [4.78, 5) is 28.7. The summed E-state index contributed by atoms with van der Waals surface area (Å²) >= 11 is 8.58. The smallest absolute Gasteiger partial charge is 0.228 e. The van der Waals surface area contributed by atoms with E-state index in [9.17, 15) is 14.9 Å². The van der Waals surface area contributed by atoms with Crippen molar-refractivity contribution in [3.8, 4) is 6.07 Å². The van der Waals surface area contributed by atoms with Gasteiger partial charge in [-0.3, -0.25) is 9.59 Å². The summed E-state index contributed by atoms with van der Waals surface area (Å²) in [5.41, 5.74) is 1.32. The second-order valence-electron chi connectivity index (χ2n) is 6.09. The number of halogens is 1. The molecule has 3 rings (SSSR count). The van der Waals surface area contributed by atoms with Gasteiger partial charge in [0.2, 0.25) is 5.91 Å². The highest BCUT2D eigenvalue weighted by atomic mass is 35.5. The van der Waals surface area contributed by atoms with E-state index in [2.05, 4.69) is 16.4 Å². The fourth-order valence-corrected chi connectivity index (χ4v) is 4.59. The van der Waals surface area contributed by atoms with E-state index >= 15 is 0 Å². The Morgan fingerprint density at radius 3 is 2.78 bits per heavy atom. The number of rotatable bonds is 6. The van der Waals surface area contributed by atoms with E-state index in [0.717, 1.165) is 10.6 Å². The molecule has 1 N–H and O–H groups in total. The first-order valence-electron chi connectivity index (χ1n) is 8.23. The maximum absolute atomic E-state index is 12.4. The van der Waals surface area contributed by atoms with Crippen molar-refractivity contribution in [2.24, 2.45) is 5.92 Å². The van der Waals surface area contributed by atoms with Gasteiger partial charge >= 0.3 is 0 Å². The number of nitrogens with one attached hydrogen (secondary N) is 1. The summed E-state index contributed by atoms with van der Waals surface area (Å²) in [5, 5.41) is 16.1. The molecule has 5 nitrogen and oxygen atoms in total. The van der Waals surface area contributed by atoms with Crippen molar-refractivity contribution in [2.45, 2.75) is 19.3 Å². The fourth-order valence-electron chi connectivity index (χ4n) is 2.91. The summed E-state index contributed by atoms with van der Waals surface area (Å²) in [6, 6.07) is 9.38. The molecular weight excluding hydrogens is 402 g/mol. The van der Waals surface area contributed by atoms with E-state index in [-0.39, 0.29) is 29.8 Å². The molecule has 0 radical (unpaired) electrons. The van der Waals surface area contributed by atoms with E-state index in [1.165, 1.54) is 23.1 Å². The Bertz CT molecular complexity index is 917. The molecule has 0 saturated carbocycles. The minimum Gasteiger partial charge on any atom is -0.320 e. The number of amides is 1. The lowest BCUT2D eigenvalue weighted by atomic mass is 9.80. The molecule has 0 bridgehead atoms. The molecule has 1 aromatic heterocycles. The van der Waals surface area contributed by atoms with Crippen LogP contribution >= 0.6 is 34.7 Å². The van der Waals surface area contributed by atoms with Crippen molar-refractivity contribution in [2.75, 3.05) is 5.75 Å². The predicted molar refractivity (Wildman–Crippen MR) is 107 cm³/mol. The van der Waals surface area contributed by atoms with E-state index in [1.54, 1.807) is 25.3 Å². The zero-order chi connectivity index (χ0) is 19.4. The number of nitriles is 1. The standard InChI is InChI=1S/C19H16ClN3O2S2/c1-11-17(12-2-4-13(20)5-3-12)15(9-21)19(23-18(11)25)27-10-14(24)8-16-22-6-7-26-16/h2-7,11,17H,8,10H2,1H3,(H,23,25). The molecule has 2 heterocycles. The number of thioether (sulfide) groups is 1. The van der Waals surface area contributed by atoms with Crippen molar-refractivity contribution in [1.29, 1.82) is 5.26 Å². The molecule has 2 unspecified atom stereocenters. The number of carbonyl (C=O) groups is 2. The highest BCUT2D eigenvalue weighted by molar-refractivity contribution is 8.03. The molecule has 138 valence electrons. The van der Waals surface area contributed by atoms with Crippen LogP contribution in [0.15, 0.2) is 46.4 Å². The Morgan fingerprint density at radius 1 is 1.41 bits per heavy atom. The summed E-state index contributed by atoms with van der Waals surface area (Å²) in [7, 11) is 0. The first-order valence-corrected chi connectivity index (χ1v) is 10.5. The van der Waals surface area contributed by atoms with Crippen LogP contribution in [0.2, 0.25) is 5.02 Å². The molecule has 1 aliphatic heterocycles. The average molecular weight is 418 g/mol. The highest BCUT2D eigenvalue weighted by Crippen LogP contribution is 2.39. The van der Waals surface area contributed by atoms with E-state index in [1.807, 2.05) is 17.5 Å². The number of hydrogen-bond donors (Lipinski definition) is 1. The Hall–Kier alpha value is -2.14. The average Bonchev–Trinajstić information content (AvgIpc) is 3.16. The predicted octanol–water partition coefficient (Wildman–Crippen LogP) is 3.93. The SMILES string of the molecule is CC1C(=O)NC(SCC(=O)Cc2nccs2)=C(C#N)C1c1ccc(Cl)cc1. The molecule has 1 amide bonds. The van der Waals surface area contributed by atoms with E-state index in [4.69, 9.17) is 11.6 Å². The van der Waals surface area contributed by atoms with Crippen molar-refractivity contribution in [3.63, 3.8) is 0 Å². The van der Waals surface area contributed by atoms with Crippen LogP contribution in [-0.4, -0.2) is 22.4 Å². The molecule has 1 aromatic carbocycles. The minimum atomic E-state index is -0.392. The maximum Gasteiger partial charge on any atom is 0.228 e. The molecule has 2 aromatic rings. The lowest BCUT2D eigenvalue weighted by molar-refractivity contribution is -0.124. The second-order valence-corrected chi connectivity index (χ2v) is 8.49. The minimum absolute atomic E-state index is 0.00402. The number of thiazole rings is 1. The lowest BCUT2D eigenvalue weighted by Gasteiger charge is -2.30. The van der Waals surface area contributed by atoms with Crippen LogP contribution in [0, 0.1) is 17.2 Å². The third-order valence-electron chi connectivity index (χ3n) is 4.26. The molecular formula is C19H16ClN3O2S2. The summed E-state index contributed by atoms with van der Waals surface area (Å²) < 4.78 is 0. The summed E-state index contributed by atoms with van der Waals surface area (Å²) in [6.45, 7) is 1.79. The Morgan fingerprint density at radius 2 is 2.15 bits per heavy atom. The zero-order valence-corrected chi connectivity index (χ0v) is 16.8. The van der Waals surface area contributed by atoms with Crippen LogP contribution in [0.5, 0.6) is 0 Å². The fraction of sp³-hybridized carbons (Fsp3) is 0.263. The van der Waals surface area contributed by atoms with Gasteiger partial charge in [-0.05, 0) is 17.7 Å². The van der Waals surface area contributed by atoms with Crippen molar-refractivity contribution in [3.05, 3.63) is 62.0 Å². The van der Waals surface area contributed by atoms with Crippen LogP contribution in [0.25, 0.3) is 0 Å². The number of allylic oxidation sites excluding steroid dienone is 1. The third-order valence-corrected chi connectivity index (χ3v) is 6.37. The normalized spacial score (nSPS) is 19.5. The number of benzene rings is 1. The topological polar surface area (TPSA) is 82.8 Å². The largest absolute Gasteiger partial charge is 0.320 e. The lowest BCUT2D eigenvalue weighted by Crippen LogP contribution is -2.38. The maximum atomic E-state index is 12.4. The van der Waals surface area contributed by atoms with Crippen LogP contribution in [0.4, 0.5) is 0 Å². The van der Waals surface area contributed by atoms with Gasteiger partial charge in [0.25, 0.3) is 0 Å². The van der Waals surface area contributed by atoms with Gasteiger partial charge in [-0.25, -0.2) is 4.98 Å². The monoisotopic (exact) mass is 417 g/mol.